The van der Waals surface area contributed by atoms with Crippen LogP contribution in [-0.2, 0) is 23.8 Å². The Morgan fingerprint density at radius 2 is 0.840 bits per heavy atom. The number of rotatable bonds is 59. The van der Waals surface area contributed by atoms with Gasteiger partial charge in [-0.1, -0.05) is 254 Å². The molecule has 7 unspecified atom stereocenters. The molecule has 472 valence electrons. The number of ether oxygens (including phenoxy) is 3. The summed E-state index contributed by atoms with van der Waals surface area (Å²) in [4.78, 5) is 25.1. The Kier molecular flexibility index (Phi) is 55.7. The summed E-state index contributed by atoms with van der Waals surface area (Å²) < 4.78 is 16.7. The van der Waals surface area contributed by atoms with E-state index in [1.165, 1.54) is 212 Å². The van der Waals surface area contributed by atoms with Crippen LogP contribution in [0, 0.1) is 0 Å². The van der Waals surface area contributed by atoms with E-state index in [4.69, 9.17) is 14.2 Å². The van der Waals surface area contributed by atoms with Gasteiger partial charge >= 0.3 is 5.97 Å². The maximum absolute atomic E-state index is 13.0. The molecule has 81 heavy (non-hydrogen) atoms. The van der Waals surface area contributed by atoms with Crippen molar-refractivity contribution < 1.29 is 49.3 Å². The topological polar surface area (TPSA) is 175 Å². The van der Waals surface area contributed by atoms with Crippen LogP contribution in [-0.4, -0.2) is 100 Å². The molecule has 0 spiro atoms. The van der Waals surface area contributed by atoms with Crippen molar-refractivity contribution in [3.8, 4) is 0 Å². The van der Waals surface area contributed by atoms with E-state index in [1.54, 1.807) is 6.08 Å². The number of carbonyl (C=O) groups excluding carboxylic acids is 2. The van der Waals surface area contributed by atoms with Crippen LogP contribution in [0.5, 0.6) is 0 Å². The predicted octanol–water partition coefficient (Wildman–Crippen LogP) is 17.0. The first kappa shape index (κ1) is 76.4. The van der Waals surface area contributed by atoms with Gasteiger partial charge < -0.3 is 45.1 Å². The van der Waals surface area contributed by atoms with Crippen molar-refractivity contribution in [2.45, 2.75) is 352 Å². The van der Waals surface area contributed by atoms with Gasteiger partial charge in [0.1, 0.15) is 24.4 Å². The number of nitrogens with one attached hydrogen (secondary N) is 1. The fraction of sp³-hybridized carbons (Fsp3) is 0.829. The van der Waals surface area contributed by atoms with Crippen LogP contribution in [0.15, 0.2) is 60.8 Å². The second-order valence-corrected chi connectivity index (χ2v) is 23.5. The minimum Gasteiger partial charge on any atom is -0.466 e. The molecule has 11 nitrogen and oxygen atoms in total. The van der Waals surface area contributed by atoms with E-state index in [2.05, 4.69) is 67.8 Å². The predicted molar refractivity (Wildman–Crippen MR) is 338 cm³/mol. The monoisotopic (exact) mass is 1140 g/mol. The third-order valence-corrected chi connectivity index (χ3v) is 15.8. The van der Waals surface area contributed by atoms with E-state index in [0.717, 1.165) is 70.6 Å². The Morgan fingerprint density at radius 3 is 1.32 bits per heavy atom. The summed E-state index contributed by atoms with van der Waals surface area (Å²) in [6.07, 6.45) is 67.9. The summed E-state index contributed by atoms with van der Waals surface area (Å²) >= 11 is 0. The Balaban J connectivity index is 1.95. The number of amides is 1. The lowest BCUT2D eigenvalue weighted by atomic mass is 9.99. The maximum Gasteiger partial charge on any atom is 0.305 e. The number of carbonyl (C=O) groups is 2. The highest BCUT2D eigenvalue weighted by molar-refractivity contribution is 5.76. The first-order valence-electron chi connectivity index (χ1n) is 34.1. The smallest absolute Gasteiger partial charge is 0.305 e. The van der Waals surface area contributed by atoms with Gasteiger partial charge in [-0.05, 0) is 103 Å². The number of hydrogen-bond donors (Lipinski definition) is 6. The average molecular weight is 1140 g/mol. The number of esters is 1. The number of allylic oxidation sites excluding steroid dienone is 9. The molecule has 1 saturated heterocycles. The molecule has 1 amide bonds. The quantitative estimate of drug-likeness (QED) is 0.0195. The molecule has 1 aliphatic heterocycles. The van der Waals surface area contributed by atoms with Gasteiger partial charge in [0.25, 0.3) is 0 Å². The number of aliphatic hydroxyl groups is 5. The van der Waals surface area contributed by atoms with Crippen molar-refractivity contribution in [1.82, 2.24) is 5.32 Å². The molecule has 7 atom stereocenters. The van der Waals surface area contributed by atoms with Crippen LogP contribution in [0.25, 0.3) is 0 Å². The Morgan fingerprint density at radius 1 is 0.457 bits per heavy atom. The molecular weight excluding hydrogens is 1010 g/mol. The van der Waals surface area contributed by atoms with Crippen molar-refractivity contribution in [3.05, 3.63) is 60.8 Å². The normalized spacial score (nSPS) is 18.6. The van der Waals surface area contributed by atoms with E-state index >= 15 is 0 Å². The second kappa shape index (κ2) is 59.1. The van der Waals surface area contributed by atoms with Gasteiger partial charge in [0.2, 0.25) is 5.91 Å². The summed E-state index contributed by atoms with van der Waals surface area (Å²) in [5.74, 6) is -0.201. The minimum absolute atomic E-state index is 0.00298. The van der Waals surface area contributed by atoms with Crippen molar-refractivity contribution in [2.24, 2.45) is 0 Å². The van der Waals surface area contributed by atoms with Gasteiger partial charge in [0.15, 0.2) is 6.29 Å². The summed E-state index contributed by atoms with van der Waals surface area (Å²) in [5.41, 5.74) is 0. The molecule has 0 saturated carbocycles. The lowest BCUT2D eigenvalue weighted by Crippen LogP contribution is -2.60. The van der Waals surface area contributed by atoms with Crippen LogP contribution in [0.3, 0.4) is 0 Å². The fourth-order valence-corrected chi connectivity index (χ4v) is 10.4. The molecule has 6 N–H and O–H groups in total. The van der Waals surface area contributed by atoms with Crippen molar-refractivity contribution in [3.63, 3.8) is 0 Å². The SMILES string of the molecule is CCCCC/C=C/CC/C=C/C(O)C(COC1OC(CO)C(O)C(O)C1O)NC(=O)CCCCCCCCCCCCC/C=C\C/C=C\CCCCCCCCCCCOC(=O)CCCCCCCCC/C=C\CCCCCCCC. The molecule has 1 fully saturated rings. The number of aliphatic hydroxyl groups excluding tert-OH is 5. The van der Waals surface area contributed by atoms with E-state index in [9.17, 15) is 35.1 Å². The Bertz CT molecular complexity index is 1530. The second-order valence-electron chi connectivity index (χ2n) is 23.5. The zero-order valence-electron chi connectivity index (χ0n) is 52.2. The number of unbranched alkanes of at least 4 members (excludes halogenated alkanes) is 37. The van der Waals surface area contributed by atoms with Crippen LogP contribution >= 0.6 is 0 Å². The fourth-order valence-electron chi connectivity index (χ4n) is 10.4. The standard InChI is InChI=1S/C70H127NO10/c1-3-5-7-9-11-13-14-15-16-28-32-35-38-42-46-50-54-58-66(75)79-59-55-51-47-43-39-36-33-30-27-25-23-21-19-17-18-20-22-24-26-29-31-34-37-41-45-49-53-57-65(74)71-62(63(73)56-52-48-44-40-12-10-8-6-4-2)61-80-70-69(78)68(77)67(76)64(60-72)81-70/h12,15-18,21,23,40,52,56,62-64,67-70,72-73,76-78H,3-11,13-14,19-20,22,24-39,41-51,53-55,57-61H2,1-2H3,(H,71,74)/b16-15-,18-17-,23-21-,40-12+,56-52+. The molecule has 1 aliphatic rings. The highest BCUT2D eigenvalue weighted by Gasteiger charge is 2.44. The highest BCUT2D eigenvalue weighted by atomic mass is 16.7. The average Bonchev–Trinajstić information content (AvgIpc) is 3.49. The van der Waals surface area contributed by atoms with Crippen LogP contribution < -0.4 is 5.32 Å². The van der Waals surface area contributed by atoms with Crippen LogP contribution in [0.2, 0.25) is 0 Å². The largest absolute Gasteiger partial charge is 0.466 e. The van der Waals surface area contributed by atoms with Gasteiger partial charge in [-0.15, -0.1) is 0 Å². The third-order valence-electron chi connectivity index (χ3n) is 15.8. The first-order valence-corrected chi connectivity index (χ1v) is 34.1. The number of hydrogen-bond acceptors (Lipinski definition) is 10. The Hall–Kier alpha value is -2.64. The van der Waals surface area contributed by atoms with E-state index in [0.29, 0.717) is 19.4 Å². The van der Waals surface area contributed by atoms with Crippen LogP contribution in [0.1, 0.15) is 309 Å². The van der Waals surface area contributed by atoms with Gasteiger partial charge in [0.05, 0.1) is 32.0 Å². The van der Waals surface area contributed by atoms with Gasteiger partial charge in [0, 0.05) is 12.8 Å². The summed E-state index contributed by atoms with van der Waals surface area (Å²) in [6.45, 7) is 4.28. The zero-order chi connectivity index (χ0) is 58.7. The van der Waals surface area contributed by atoms with Gasteiger partial charge in [-0.3, -0.25) is 9.59 Å². The zero-order valence-corrected chi connectivity index (χ0v) is 52.2. The molecule has 0 radical (unpaired) electrons. The molecule has 0 bridgehead atoms. The molecule has 0 aromatic heterocycles. The van der Waals surface area contributed by atoms with Gasteiger partial charge in [-0.25, -0.2) is 0 Å². The first-order chi connectivity index (χ1) is 39.7. The van der Waals surface area contributed by atoms with Crippen LogP contribution in [0.4, 0.5) is 0 Å². The molecular formula is C70H127NO10. The third kappa shape index (κ3) is 48.3. The molecule has 0 aliphatic carbocycles. The van der Waals surface area contributed by atoms with Gasteiger partial charge in [-0.2, -0.15) is 0 Å². The molecule has 1 heterocycles. The molecule has 11 heteroatoms. The summed E-state index contributed by atoms with van der Waals surface area (Å²) in [5, 5.41) is 54.2. The maximum atomic E-state index is 13.0. The minimum atomic E-state index is -1.58. The van der Waals surface area contributed by atoms with E-state index in [-0.39, 0.29) is 18.5 Å². The lowest BCUT2D eigenvalue weighted by molar-refractivity contribution is -0.302. The highest BCUT2D eigenvalue weighted by Crippen LogP contribution is 2.23. The Labute approximate surface area is 497 Å². The van der Waals surface area contributed by atoms with E-state index in [1.807, 2.05) is 6.08 Å². The van der Waals surface area contributed by atoms with Crippen molar-refractivity contribution >= 4 is 11.9 Å². The van der Waals surface area contributed by atoms with E-state index < -0.39 is 49.5 Å². The summed E-state index contributed by atoms with van der Waals surface area (Å²) in [7, 11) is 0. The molecule has 0 aromatic rings. The lowest BCUT2D eigenvalue weighted by Gasteiger charge is -2.40. The molecule has 1 rings (SSSR count). The van der Waals surface area contributed by atoms with Crippen molar-refractivity contribution in [2.75, 3.05) is 19.8 Å². The summed E-state index contributed by atoms with van der Waals surface area (Å²) in [6, 6.07) is -0.830. The van der Waals surface area contributed by atoms with Crippen molar-refractivity contribution in [1.29, 1.82) is 0 Å². The molecule has 0 aromatic carbocycles.